The molecule has 0 aliphatic rings. The average Bonchev–Trinajstić information content (AvgIpc) is 2.75. The van der Waals surface area contributed by atoms with Crippen molar-refractivity contribution in [1.82, 2.24) is 0 Å². The van der Waals surface area contributed by atoms with Gasteiger partial charge >= 0.3 is 5.97 Å². The van der Waals surface area contributed by atoms with Gasteiger partial charge in [-0.25, -0.2) is 4.79 Å². The van der Waals surface area contributed by atoms with Gasteiger partial charge in [0.05, 0.1) is 23.1 Å². The summed E-state index contributed by atoms with van der Waals surface area (Å²) >= 11 is 12.0. The Labute approximate surface area is 187 Å². The van der Waals surface area contributed by atoms with Gasteiger partial charge in [-0.3, -0.25) is 4.79 Å². The van der Waals surface area contributed by atoms with Crippen LogP contribution in [0.3, 0.4) is 0 Å². The maximum atomic E-state index is 13.2. The summed E-state index contributed by atoms with van der Waals surface area (Å²) in [7, 11) is 1.55. The summed E-state index contributed by atoms with van der Waals surface area (Å²) in [5, 5.41) is 0.790. The first-order valence-corrected chi connectivity index (χ1v) is 10.0. The van der Waals surface area contributed by atoms with Gasteiger partial charge < -0.3 is 13.9 Å². The molecule has 0 saturated carbocycles. The third kappa shape index (κ3) is 4.15. The highest BCUT2D eigenvalue weighted by atomic mass is 35.5. The monoisotopic (exact) mass is 454 g/mol. The van der Waals surface area contributed by atoms with Crippen molar-refractivity contribution >= 4 is 40.1 Å². The van der Waals surface area contributed by atoms with Crippen molar-refractivity contribution in [3.8, 4) is 22.8 Å². The van der Waals surface area contributed by atoms with E-state index < -0.39 is 11.4 Å². The Morgan fingerprint density at radius 2 is 1.71 bits per heavy atom. The van der Waals surface area contributed by atoms with E-state index in [1.165, 1.54) is 18.2 Å². The molecule has 0 N–H and O–H groups in total. The molecule has 4 rings (SSSR count). The van der Waals surface area contributed by atoms with Crippen LogP contribution in [0, 0.1) is 6.92 Å². The molecule has 5 nitrogen and oxygen atoms in total. The lowest BCUT2D eigenvalue weighted by molar-refractivity contribution is 0.0731. The number of ether oxygens (including phenoxy) is 2. The second-order valence-electron chi connectivity index (χ2n) is 6.83. The summed E-state index contributed by atoms with van der Waals surface area (Å²) in [4.78, 5) is 26.1. The summed E-state index contributed by atoms with van der Waals surface area (Å²) in [5.41, 5.74) is 1.47. The predicted octanol–water partition coefficient (Wildman–Crippen LogP) is 6.30. The SMILES string of the molecule is COc1ccc(-c2oc3cc(C)ccc3c(=O)c2OC(=O)c2ccc(Cl)cc2Cl)cc1. The van der Waals surface area contributed by atoms with Gasteiger partial charge in [0.25, 0.3) is 0 Å². The Balaban J connectivity index is 1.89. The standard InChI is InChI=1S/C24H16Cl2O5/c1-13-3-9-18-20(11-13)30-22(14-4-7-16(29-2)8-5-14)23(21(18)27)31-24(28)17-10-6-15(25)12-19(17)26/h3-12H,1-2H3. The minimum Gasteiger partial charge on any atom is -0.497 e. The molecule has 0 amide bonds. The average molecular weight is 455 g/mol. The van der Waals surface area contributed by atoms with E-state index in [0.717, 1.165) is 5.56 Å². The van der Waals surface area contributed by atoms with Crippen LogP contribution in [0.1, 0.15) is 15.9 Å². The smallest absolute Gasteiger partial charge is 0.345 e. The maximum Gasteiger partial charge on any atom is 0.345 e. The zero-order chi connectivity index (χ0) is 22.1. The minimum atomic E-state index is -0.796. The molecule has 0 unspecified atom stereocenters. The van der Waals surface area contributed by atoms with E-state index >= 15 is 0 Å². The summed E-state index contributed by atoms with van der Waals surface area (Å²) < 4.78 is 16.7. The number of methoxy groups -OCH3 is 1. The fourth-order valence-corrected chi connectivity index (χ4v) is 3.60. The molecule has 0 atom stereocenters. The van der Waals surface area contributed by atoms with Crippen LogP contribution in [0.2, 0.25) is 10.0 Å². The Morgan fingerprint density at radius 3 is 2.39 bits per heavy atom. The van der Waals surface area contributed by atoms with Gasteiger partial charge in [-0.05, 0) is 67.1 Å². The van der Waals surface area contributed by atoms with Crippen molar-refractivity contribution in [2.24, 2.45) is 0 Å². The molecule has 4 aromatic rings. The van der Waals surface area contributed by atoms with E-state index in [1.54, 1.807) is 49.6 Å². The molecule has 1 heterocycles. The maximum absolute atomic E-state index is 13.2. The van der Waals surface area contributed by atoms with E-state index in [2.05, 4.69) is 0 Å². The van der Waals surface area contributed by atoms with E-state index in [0.29, 0.717) is 27.3 Å². The molecule has 1 aromatic heterocycles. The Hall–Kier alpha value is -3.28. The predicted molar refractivity (Wildman–Crippen MR) is 121 cm³/mol. The van der Waals surface area contributed by atoms with E-state index in [9.17, 15) is 9.59 Å². The fourth-order valence-electron chi connectivity index (χ4n) is 3.11. The Bertz CT molecular complexity index is 1360. The van der Waals surface area contributed by atoms with Gasteiger partial charge in [0.1, 0.15) is 11.3 Å². The lowest BCUT2D eigenvalue weighted by Crippen LogP contribution is -2.16. The summed E-state index contributed by atoms with van der Waals surface area (Å²) in [6.45, 7) is 1.89. The molecule has 0 radical (unpaired) electrons. The molecule has 7 heteroatoms. The quantitative estimate of drug-likeness (QED) is 0.338. The molecular weight excluding hydrogens is 439 g/mol. The first kappa shape index (κ1) is 21.0. The third-order valence-electron chi connectivity index (χ3n) is 4.70. The van der Waals surface area contributed by atoms with Gasteiger partial charge in [0.2, 0.25) is 11.2 Å². The fraction of sp³-hybridized carbons (Fsp3) is 0.0833. The van der Waals surface area contributed by atoms with Gasteiger partial charge in [0, 0.05) is 10.6 Å². The van der Waals surface area contributed by atoms with Crippen molar-refractivity contribution in [2.45, 2.75) is 6.92 Å². The summed E-state index contributed by atoms with van der Waals surface area (Å²) in [6, 6.07) is 16.4. The number of halogens is 2. The first-order valence-electron chi connectivity index (χ1n) is 9.26. The van der Waals surface area contributed by atoms with Gasteiger partial charge in [-0.1, -0.05) is 29.3 Å². The normalized spacial score (nSPS) is 10.8. The number of rotatable bonds is 4. The van der Waals surface area contributed by atoms with Gasteiger partial charge in [-0.2, -0.15) is 0 Å². The third-order valence-corrected chi connectivity index (χ3v) is 5.25. The molecule has 0 aliphatic heterocycles. The number of benzene rings is 3. The largest absolute Gasteiger partial charge is 0.497 e. The number of carbonyl (C=O) groups is 1. The van der Waals surface area contributed by atoms with Gasteiger partial charge in [0.15, 0.2) is 5.76 Å². The highest BCUT2D eigenvalue weighted by molar-refractivity contribution is 6.36. The number of esters is 1. The minimum absolute atomic E-state index is 0.0788. The van der Waals surface area contributed by atoms with Gasteiger partial charge in [-0.15, -0.1) is 0 Å². The van der Waals surface area contributed by atoms with E-state index in [4.69, 9.17) is 37.1 Å². The lowest BCUT2D eigenvalue weighted by atomic mass is 10.1. The number of hydrogen-bond donors (Lipinski definition) is 0. The zero-order valence-electron chi connectivity index (χ0n) is 16.6. The molecule has 156 valence electrons. The molecule has 3 aromatic carbocycles. The van der Waals surface area contributed by atoms with Crippen LogP contribution in [0.5, 0.6) is 11.5 Å². The number of carbonyl (C=O) groups excluding carboxylic acids is 1. The number of fused-ring (bicyclic) bond motifs is 1. The molecule has 0 bridgehead atoms. The van der Waals surface area contributed by atoms with Crippen LogP contribution >= 0.6 is 23.2 Å². The second-order valence-corrected chi connectivity index (χ2v) is 7.67. The van der Waals surface area contributed by atoms with Crippen LogP contribution in [-0.2, 0) is 0 Å². The molecule has 0 aliphatic carbocycles. The Morgan fingerprint density at radius 1 is 0.968 bits per heavy atom. The van der Waals surface area contributed by atoms with Crippen LogP contribution in [-0.4, -0.2) is 13.1 Å². The molecular formula is C24H16Cl2O5. The first-order chi connectivity index (χ1) is 14.9. The summed E-state index contributed by atoms with van der Waals surface area (Å²) in [6.07, 6.45) is 0. The highest BCUT2D eigenvalue weighted by Gasteiger charge is 2.22. The highest BCUT2D eigenvalue weighted by Crippen LogP contribution is 2.33. The van der Waals surface area contributed by atoms with Crippen molar-refractivity contribution in [2.75, 3.05) is 7.11 Å². The molecule has 31 heavy (non-hydrogen) atoms. The van der Waals surface area contributed by atoms with Crippen LogP contribution in [0.25, 0.3) is 22.3 Å². The van der Waals surface area contributed by atoms with E-state index in [1.807, 2.05) is 6.92 Å². The van der Waals surface area contributed by atoms with Crippen LogP contribution < -0.4 is 14.9 Å². The van der Waals surface area contributed by atoms with Crippen molar-refractivity contribution in [1.29, 1.82) is 0 Å². The number of hydrogen-bond acceptors (Lipinski definition) is 5. The molecule has 0 saturated heterocycles. The Kier molecular flexibility index (Phi) is 5.72. The van der Waals surface area contributed by atoms with Crippen LogP contribution in [0.4, 0.5) is 0 Å². The lowest BCUT2D eigenvalue weighted by Gasteiger charge is -2.12. The van der Waals surface area contributed by atoms with Crippen molar-refractivity contribution < 1.29 is 18.7 Å². The molecule has 0 spiro atoms. The topological polar surface area (TPSA) is 65.7 Å². The van der Waals surface area contributed by atoms with Crippen LogP contribution in [0.15, 0.2) is 69.9 Å². The van der Waals surface area contributed by atoms with Crippen molar-refractivity contribution in [3.63, 3.8) is 0 Å². The second kappa shape index (κ2) is 8.46. The molecule has 0 fully saturated rings. The summed E-state index contributed by atoms with van der Waals surface area (Å²) in [5.74, 6) is -0.258. The number of aryl methyl sites for hydroxylation is 1. The zero-order valence-corrected chi connectivity index (χ0v) is 18.1. The van der Waals surface area contributed by atoms with E-state index in [-0.39, 0.29) is 22.1 Å². The van der Waals surface area contributed by atoms with Crippen molar-refractivity contribution in [3.05, 3.63) is 92.1 Å².